The maximum atomic E-state index is 11.2. The van der Waals surface area contributed by atoms with E-state index in [0.29, 0.717) is 13.0 Å². The fourth-order valence-electron chi connectivity index (χ4n) is 3.05. The highest BCUT2D eigenvalue weighted by atomic mass is 16.4. The number of fused-ring (bicyclic) bond motifs is 1. The van der Waals surface area contributed by atoms with Crippen molar-refractivity contribution in [3.8, 4) is 0 Å². The lowest BCUT2D eigenvalue weighted by molar-refractivity contribution is -0.147. The third kappa shape index (κ3) is 2.25. The smallest absolute Gasteiger partial charge is 0.310 e. The molecule has 1 aromatic rings. The number of aromatic nitrogens is 3. The number of carboxylic acids is 1. The number of nitrogens with zero attached hydrogens (tertiary/aromatic N) is 4. The quantitative estimate of drug-likeness (QED) is 0.878. The Balaban J connectivity index is 1.70. The molecule has 2 aliphatic rings. The summed E-state index contributed by atoms with van der Waals surface area (Å²) in [6, 6.07) is 0. The molecule has 2 aliphatic heterocycles. The number of aliphatic carboxylic acids is 1. The van der Waals surface area contributed by atoms with Crippen LogP contribution < -0.4 is 0 Å². The van der Waals surface area contributed by atoms with Crippen LogP contribution in [0.1, 0.15) is 37.8 Å². The minimum absolute atomic E-state index is 0.602. The normalized spacial score (nSPS) is 27.4. The zero-order valence-electron chi connectivity index (χ0n) is 11.3. The number of carbonyl (C=O) groups is 1. The summed E-state index contributed by atoms with van der Waals surface area (Å²) in [6.45, 7) is 4.97. The lowest BCUT2D eigenvalue weighted by atomic mass is 9.90. The van der Waals surface area contributed by atoms with E-state index < -0.39 is 11.4 Å². The molecule has 1 aromatic heterocycles. The van der Waals surface area contributed by atoms with Crippen LogP contribution in [0.4, 0.5) is 0 Å². The van der Waals surface area contributed by atoms with E-state index in [1.165, 1.54) is 12.8 Å². The van der Waals surface area contributed by atoms with Crippen molar-refractivity contribution in [3.05, 3.63) is 11.6 Å². The standard InChI is InChI=1S/C13H20N4O2/c1-13(12(18)19)5-7-16(9-13)8-11-15-14-10-4-2-3-6-17(10)11/h2-9H2,1H3,(H,18,19). The summed E-state index contributed by atoms with van der Waals surface area (Å²) in [5, 5.41) is 17.8. The third-order valence-electron chi connectivity index (χ3n) is 4.37. The Morgan fingerprint density at radius 2 is 2.21 bits per heavy atom. The van der Waals surface area contributed by atoms with Crippen molar-refractivity contribution in [3.63, 3.8) is 0 Å². The first-order chi connectivity index (χ1) is 9.08. The van der Waals surface area contributed by atoms with E-state index in [9.17, 15) is 9.90 Å². The van der Waals surface area contributed by atoms with Crippen molar-refractivity contribution in [2.75, 3.05) is 13.1 Å². The highest BCUT2D eigenvalue weighted by Crippen LogP contribution is 2.31. The van der Waals surface area contributed by atoms with E-state index in [-0.39, 0.29) is 0 Å². The molecule has 3 rings (SSSR count). The predicted molar refractivity (Wildman–Crippen MR) is 68.6 cm³/mol. The van der Waals surface area contributed by atoms with Gasteiger partial charge in [-0.25, -0.2) is 0 Å². The molecular weight excluding hydrogens is 244 g/mol. The largest absolute Gasteiger partial charge is 0.481 e. The van der Waals surface area contributed by atoms with Crippen molar-refractivity contribution in [2.24, 2.45) is 5.41 Å². The number of carboxylic acid groups (broad SMARTS) is 1. The van der Waals surface area contributed by atoms with Crippen molar-refractivity contribution in [2.45, 2.75) is 45.7 Å². The Bertz CT molecular complexity index is 499. The van der Waals surface area contributed by atoms with Gasteiger partial charge in [0.25, 0.3) is 0 Å². The molecule has 0 radical (unpaired) electrons. The first kappa shape index (κ1) is 12.6. The van der Waals surface area contributed by atoms with Gasteiger partial charge in [-0.2, -0.15) is 0 Å². The average Bonchev–Trinajstić information content (AvgIpc) is 2.96. The fourth-order valence-corrected chi connectivity index (χ4v) is 3.05. The molecule has 0 amide bonds. The zero-order valence-corrected chi connectivity index (χ0v) is 11.3. The topological polar surface area (TPSA) is 71.2 Å². The maximum absolute atomic E-state index is 11.2. The highest BCUT2D eigenvalue weighted by molar-refractivity contribution is 5.74. The SMILES string of the molecule is CC1(C(=O)O)CCN(Cc2nnc3n2CCCC3)C1. The van der Waals surface area contributed by atoms with Gasteiger partial charge in [-0.1, -0.05) is 0 Å². The third-order valence-corrected chi connectivity index (χ3v) is 4.37. The van der Waals surface area contributed by atoms with Gasteiger partial charge in [0.1, 0.15) is 11.6 Å². The molecule has 0 aliphatic carbocycles. The highest BCUT2D eigenvalue weighted by Gasteiger charge is 2.40. The summed E-state index contributed by atoms with van der Waals surface area (Å²) >= 11 is 0. The van der Waals surface area contributed by atoms with E-state index in [2.05, 4.69) is 19.7 Å². The average molecular weight is 264 g/mol. The zero-order chi connectivity index (χ0) is 13.5. The molecule has 104 valence electrons. The first-order valence-corrected chi connectivity index (χ1v) is 6.95. The lowest BCUT2D eigenvalue weighted by Gasteiger charge is -2.21. The number of hydrogen-bond donors (Lipinski definition) is 1. The summed E-state index contributed by atoms with van der Waals surface area (Å²) in [7, 11) is 0. The van der Waals surface area contributed by atoms with Crippen LogP contribution in [0, 0.1) is 5.41 Å². The van der Waals surface area contributed by atoms with Crippen molar-refractivity contribution in [1.29, 1.82) is 0 Å². The molecule has 1 N–H and O–H groups in total. The molecule has 0 spiro atoms. The van der Waals surface area contributed by atoms with Crippen LogP contribution in [0.5, 0.6) is 0 Å². The molecular formula is C13H20N4O2. The molecule has 19 heavy (non-hydrogen) atoms. The van der Waals surface area contributed by atoms with Gasteiger partial charge in [-0.3, -0.25) is 9.69 Å². The molecule has 1 unspecified atom stereocenters. The van der Waals surface area contributed by atoms with Gasteiger partial charge < -0.3 is 9.67 Å². The van der Waals surface area contributed by atoms with Crippen LogP contribution in [0.25, 0.3) is 0 Å². The van der Waals surface area contributed by atoms with Crippen molar-refractivity contribution in [1.82, 2.24) is 19.7 Å². The molecule has 3 heterocycles. The van der Waals surface area contributed by atoms with Gasteiger partial charge >= 0.3 is 5.97 Å². The Morgan fingerprint density at radius 3 is 2.95 bits per heavy atom. The van der Waals surface area contributed by atoms with Crippen LogP contribution in [0.15, 0.2) is 0 Å². The molecule has 0 aromatic carbocycles. The van der Waals surface area contributed by atoms with Gasteiger partial charge in [0.2, 0.25) is 0 Å². The van der Waals surface area contributed by atoms with Crippen molar-refractivity contribution >= 4 is 5.97 Å². The van der Waals surface area contributed by atoms with E-state index >= 15 is 0 Å². The summed E-state index contributed by atoms with van der Waals surface area (Å²) < 4.78 is 2.21. The summed E-state index contributed by atoms with van der Waals surface area (Å²) in [4.78, 5) is 13.4. The number of likely N-dealkylation sites (tertiary alicyclic amines) is 1. The number of hydrogen-bond acceptors (Lipinski definition) is 4. The van der Waals surface area contributed by atoms with E-state index in [1.54, 1.807) is 0 Å². The number of aryl methyl sites for hydroxylation is 1. The second-order valence-electron chi connectivity index (χ2n) is 5.97. The molecule has 6 heteroatoms. The minimum atomic E-state index is -0.696. The van der Waals surface area contributed by atoms with Crippen LogP contribution in [0.2, 0.25) is 0 Å². The Labute approximate surface area is 112 Å². The second kappa shape index (κ2) is 4.59. The maximum Gasteiger partial charge on any atom is 0.310 e. The Kier molecular flexibility index (Phi) is 3.05. The predicted octanol–water partition coefficient (Wildman–Crippen LogP) is 0.911. The van der Waals surface area contributed by atoms with E-state index in [0.717, 1.165) is 37.7 Å². The monoisotopic (exact) mass is 264 g/mol. The van der Waals surface area contributed by atoms with E-state index in [4.69, 9.17) is 0 Å². The van der Waals surface area contributed by atoms with E-state index in [1.807, 2.05) is 6.92 Å². The summed E-state index contributed by atoms with van der Waals surface area (Å²) in [6.07, 6.45) is 4.10. The van der Waals surface area contributed by atoms with Gasteiger partial charge in [-0.05, 0) is 32.7 Å². The van der Waals surface area contributed by atoms with Crippen LogP contribution in [0.3, 0.4) is 0 Å². The Morgan fingerprint density at radius 1 is 1.37 bits per heavy atom. The molecule has 1 fully saturated rings. The molecule has 1 atom stereocenters. The molecule has 0 bridgehead atoms. The fraction of sp³-hybridized carbons (Fsp3) is 0.769. The first-order valence-electron chi connectivity index (χ1n) is 6.95. The van der Waals surface area contributed by atoms with Gasteiger partial charge in [0.05, 0.1) is 12.0 Å². The summed E-state index contributed by atoms with van der Waals surface area (Å²) in [5.74, 6) is 1.38. The second-order valence-corrected chi connectivity index (χ2v) is 5.97. The molecule has 1 saturated heterocycles. The summed E-state index contributed by atoms with van der Waals surface area (Å²) in [5.41, 5.74) is -0.606. The molecule has 6 nitrogen and oxygen atoms in total. The van der Waals surface area contributed by atoms with Crippen LogP contribution >= 0.6 is 0 Å². The molecule has 0 saturated carbocycles. The Hall–Kier alpha value is -1.43. The van der Waals surface area contributed by atoms with Crippen LogP contribution in [-0.4, -0.2) is 43.8 Å². The van der Waals surface area contributed by atoms with Crippen LogP contribution in [-0.2, 0) is 24.3 Å². The lowest BCUT2D eigenvalue weighted by Crippen LogP contribution is -2.32. The number of rotatable bonds is 3. The van der Waals surface area contributed by atoms with Gasteiger partial charge in [-0.15, -0.1) is 10.2 Å². The van der Waals surface area contributed by atoms with Gasteiger partial charge in [0, 0.05) is 19.5 Å². The minimum Gasteiger partial charge on any atom is -0.481 e. The van der Waals surface area contributed by atoms with Gasteiger partial charge in [0.15, 0.2) is 0 Å². The van der Waals surface area contributed by atoms with Crippen molar-refractivity contribution < 1.29 is 9.90 Å².